The Morgan fingerprint density at radius 2 is 1.39 bits per heavy atom. The lowest BCUT2D eigenvalue weighted by molar-refractivity contribution is 0.607. The van der Waals surface area contributed by atoms with E-state index in [1.807, 2.05) is 0 Å². The molecular formula is C22H37N. The number of unbranched alkanes of at least 4 members (excludes halogenated alkanes) is 8. The van der Waals surface area contributed by atoms with Crippen molar-refractivity contribution in [2.45, 2.75) is 96.9 Å². The molecule has 23 heavy (non-hydrogen) atoms. The van der Waals surface area contributed by atoms with Crippen molar-refractivity contribution in [2.24, 2.45) is 0 Å². The number of benzene rings is 1. The molecule has 1 saturated heterocycles. The number of hydrogen-bond acceptors (Lipinski definition) is 1. The van der Waals surface area contributed by atoms with Crippen molar-refractivity contribution in [3.05, 3.63) is 29.8 Å². The highest BCUT2D eigenvalue weighted by molar-refractivity contribution is 5.54. The van der Waals surface area contributed by atoms with Crippen LogP contribution in [-0.4, -0.2) is 12.6 Å². The van der Waals surface area contributed by atoms with Crippen molar-refractivity contribution in [3.63, 3.8) is 0 Å². The third-order valence-corrected chi connectivity index (χ3v) is 5.19. The maximum absolute atomic E-state index is 2.57. The Bertz CT molecular complexity index is 408. The van der Waals surface area contributed by atoms with Crippen LogP contribution in [0.2, 0.25) is 0 Å². The van der Waals surface area contributed by atoms with E-state index >= 15 is 0 Å². The van der Waals surface area contributed by atoms with Gasteiger partial charge in [-0.15, -0.1) is 0 Å². The summed E-state index contributed by atoms with van der Waals surface area (Å²) in [4.78, 5) is 2.57. The fraction of sp³-hybridized carbons (Fsp3) is 0.727. The molecule has 0 bridgehead atoms. The van der Waals surface area contributed by atoms with Gasteiger partial charge in [0, 0.05) is 18.3 Å². The van der Waals surface area contributed by atoms with Crippen molar-refractivity contribution in [2.75, 3.05) is 11.4 Å². The summed E-state index contributed by atoms with van der Waals surface area (Å²) in [6, 6.07) is 10.2. The van der Waals surface area contributed by atoms with E-state index in [1.54, 1.807) is 0 Å². The van der Waals surface area contributed by atoms with Gasteiger partial charge in [-0.05, 0) is 37.0 Å². The lowest BCUT2D eigenvalue weighted by atomic mass is 10.0. The summed E-state index contributed by atoms with van der Waals surface area (Å²) in [6.45, 7) is 5.85. The molecule has 0 aliphatic carbocycles. The quantitative estimate of drug-likeness (QED) is 0.287. The first kappa shape index (κ1) is 18.4. The van der Waals surface area contributed by atoms with E-state index in [9.17, 15) is 0 Å². The molecule has 0 saturated carbocycles. The molecule has 1 atom stereocenters. The topological polar surface area (TPSA) is 3.01 Å². The second-order valence-corrected chi connectivity index (χ2v) is 7.34. The Labute approximate surface area is 144 Å². The van der Waals surface area contributed by atoms with Crippen LogP contribution < -0.4 is 4.90 Å². The summed E-state index contributed by atoms with van der Waals surface area (Å²) in [5.74, 6) is 0. The molecule has 1 aromatic carbocycles. The number of anilines is 1. The van der Waals surface area contributed by atoms with E-state index < -0.39 is 0 Å². The predicted octanol–water partition coefficient (Wildman–Crippen LogP) is 6.75. The predicted molar refractivity (Wildman–Crippen MR) is 103 cm³/mol. The van der Waals surface area contributed by atoms with Gasteiger partial charge < -0.3 is 4.90 Å². The van der Waals surface area contributed by atoms with Crippen molar-refractivity contribution >= 4 is 5.69 Å². The molecule has 0 N–H and O–H groups in total. The van der Waals surface area contributed by atoms with Gasteiger partial charge in [0.25, 0.3) is 0 Å². The molecular weight excluding hydrogens is 278 g/mol. The highest BCUT2D eigenvalue weighted by Crippen LogP contribution is 2.31. The zero-order valence-electron chi connectivity index (χ0n) is 15.5. The minimum Gasteiger partial charge on any atom is -0.365 e. The summed E-state index contributed by atoms with van der Waals surface area (Å²) in [5.41, 5.74) is 2.96. The second-order valence-electron chi connectivity index (χ2n) is 7.34. The Morgan fingerprint density at radius 1 is 0.783 bits per heavy atom. The van der Waals surface area contributed by atoms with Crippen molar-refractivity contribution < 1.29 is 0 Å². The van der Waals surface area contributed by atoms with Gasteiger partial charge >= 0.3 is 0 Å². The van der Waals surface area contributed by atoms with Gasteiger partial charge in [-0.25, -0.2) is 0 Å². The summed E-state index contributed by atoms with van der Waals surface area (Å²) < 4.78 is 0. The standard InChI is InChI=1S/C22H37N/c1-3-5-7-9-10-11-13-20-15-17-21(18-16-20)23-19-22(23)14-12-8-6-4-2/h15-18,22H,3-14,19H2,1-2H3. The van der Waals surface area contributed by atoms with Crippen molar-refractivity contribution in [1.29, 1.82) is 0 Å². The zero-order valence-corrected chi connectivity index (χ0v) is 15.5. The lowest BCUT2D eigenvalue weighted by Gasteiger charge is -2.08. The van der Waals surface area contributed by atoms with E-state index in [0.717, 1.165) is 6.04 Å². The van der Waals surface area contributed by atoms with E-state index in [-0.39, 0.29) is 0 Å². The van der Waals surface area contributed by atoms with Crippen LogP contribution in [0, 0.1) is 0 Å². The Hall–Kier alpha value is -0.980. The molecule has 1 aromatic rings. The van der Waals surface area contributed by atoms with Gasteiger partial charge in [-0.3, -0.25) is 0 Å². The van der Waals surface area contributed by atoms with Gasteiger partial charge in [0.2, 0.25) is 0 Å². The third kappa shape index (κ3) is 6.97. The smallest absolute Gasteiger partial charge is 0.0466 e. The molecule has 2 rings (SSSR count). The van der Waals surface area contributed by atoms with Crippen LogP contribution in [0.5, 0.6) is 0 Å². The molecule has 1 unspecified atom stereocenters. The summed E-state index contributed by atoms with van der Waals surface area (Å²) in [6.07, 6.45) is 16.6. The fourth-order valence-electron chi connectivity index (χ4n) is 3.51. The first-order chi connectivity index (χ1) is 11.3. The Balaban J connectivity index is 1.60. The van der Waals surface area contributed by atoms with Gasteiger partial charge in [0.05, 0.1) is 0 Å². The summed E-state index contributed by atoms with van der Waals surface area (Å²) >= 11 is 0. The van der Waals surface area contributed by atoms with Gasteiger partial charge in [-0.2, -0.15) is 0 Å². The van der Waals surface area contributed by atoms with E-state index in [1.165, 1.54) is 94.8 Å². The van der Waals surface area contributed by atoms with Gasteiger partial charge in [0.1, 0.15) is 0 Å². The summed E-state index contributed by atoms with van der Waals surface area (Å²) in [5, 5.41) is 0. The average molecular weight is 316 g/mol. The summed E-state index contributed by atoms with van der Waals surface area (Å²) in [7, 11) is 0. The number of rotatable bonds is 13. The zero-order chi connectivity index (χ0) is 16.3. The van der Waals surface area contributed by atoms with Crippen molar-refractivity contribution in [3.8, 4) is 0 Å². The van der Waals surface area contributed by atoms with Crippen LogP contribution in [-0.2, 0) is 6.42 Å². The molecule has 130 valence electrons. The third-order valence-electron chi connectivity index (χ3n) is 5.19. The Kier molecular flexibility index (Phi) is 8.57. The minimum atomic E-state index is 0.830. The molecule has 1 heterocycles. The largest absolute Gasteiger partial charge is 0.365 e. The highest BCUT2D eigenvalue weighted by Gasteiger charge is 2.32. The molecule has 1 heteroatoms. The molecule has 1 aliphatic rings. The fourth-order valence-corrected chi connectivity index (χ4v) is 3.51. The molecule has 0 aromatic heterocycles. The van der Waals surface area contributed by atoms with Gasteiger partial charge in [-0.1, -0.05) is 83.8 Å². The number of hydrogen-bond donors (Lipinski definition) is 0. The second kappa shape index (κ2) is 10.7. The van der Waals surface area contributed by atoms with E-state index in [2.05, 4.69) is 43.0 Å². The maximum Gasteiger partial charge on any atom is 0.0466 e. The first-order valence-corrected chi connectivity index (χ1v) is 10.2. The number of nitrogens with zero attached hydrogens (tertiary/aromatic N) is 1. The van der Waals surface area contributed by atoms with E-state index in [0.29, 0.717) is 0 Å². The van der Waals surface area contributed by atoms with Crippen LogP contribution in [0.15, 0.2) is 24.3 Å². The minimum absolute atomic E-state index is 0.830. The molecule has 1 fully saturated rings. The molecule has 1 nitrogen and oxygen atoms in total. The maximum atomic E-state index is 2.57. The average Bonchev–Trinajstić information content (AvgIpc) is 3.35. The monoisotopic (exact) mass is 315 g/mol. The van der Waals surface area contributed by atoms with Crippen LogP contribution in [0.1, 0.15) is 90.0 Å². The SMILES string of the molecule is CCCCCCCCc1ccc(N2CC2CCCCCC)cc1. The van der Waals surface area contributed by atoms with E-state index in [4.69, 9.17) is 0 Å². The molecule has 0 spiro atoms. The van der Waals surface area contributed by atoms with Crippen LogP contribution in [0.25, 0.3) is 0 Å². The van der Waals surface area contributed by atoms with Crippen LogP contribution in [0.4, 0.5) is 5.69 Å². The molecule has 0 amide bonds. The first-order valence-electron chi connectivity index (χ1n) is 10.2. The highest BCUT2D eigenvalue weighted by atomic mass is 15.3. The van der Waals surface area contributed by atoms with Gasteiger partial charge in [0.15, 0.2) is 0 Å². The normalized spacial score (nSPS) is 16.8. The van der Waals surface area contributed by atoms with Crippen LogP contribution >= 0.6 is 0 Å². The molecule has 0 radical (unpaired) electrons. The lowest BCUT2D eigenvalue weighted by Crippen LogP contribution is -1.99. The van der Waals surface area contributed by atoms with Crippen molar-refractivity contribution in [1.82, 2.24) is 0 Å². The van der Waals surface area contributed by atoms with Crippen LogP contribution in [0.3, 0.4) is 0 Å². The Morgan fingerprint density at radius 3 is 2.09 bits per heavy atom. The molecule has 1 aliphatic heterocycles. The number of aryl methyl sites for hydroxylation is 1.